The molecule has 0 saturated heterocycles. The highest BCUT2D eigenvalue weighted by molar-refractivity contribution is 6.30. The summed E-state index contributed by atoms with van der Waals surface area (Å²) in [6.07, 6.45) is 5.78. The van der Waals surface area contributed by atoms with E-state index in [1.807, 2.05) is 30.3 Å². The summed E-state index contributed by atoms with van der Waals surface area (Å²) in [5.74, 6) is 0.302. The minimum atomic E-state index is 0.302. The zero-order chi connectivity index (χ0) is 10.7. The van der Waals surface area contributed by atoms with Gasteiger partial charge in [0.1, 0.15) is 0 Å². The van der Waals surface area contributed by atoms with Crippen molar-refractivity contribution >= 4 is 23.5 Å². The van der Waals surface area contributed by atoms with Crippen LogP contribution in [0.4, 0.5) is 0 Å². The van der Waals surface area contributed by atoms with Gasteiger partial charge in [0, 0.05) is 11.4 Å². The molecule has 0 N–H and O–H groups in total. The van der Waals surface area contributed by atoms with Crippen LogP contribution in [-0.2, 0) is 4.79 Å². The standard InChI is InChI=1S/C13H13ClO/c14-12-7-5-10(6-8-12)9-11-3-1-2-4-13(11)15/h5-9H,1-4H2. The third-order valence-corrected chi connectivity index (χ3v) is 2.92. The topological polar surface area (TPSA) is 17.1 Å². The Hall–Kier alpha value is -1.08. The van der Waals surface area contributed by atoms with Gasteiger partial charge < -0.3 is 0 Å². The van der Waals surface area contributed by atoms with Crippen LogP contribution in [0.3, 0.4) is 0 Å². The van der Waals surface area contributed by atoms with Crippen LogP contribution in [0, 0.1) is 0 Å². The highest BCUT2D eigenvalue weighted by atomic mass is 35.5. The molecule has 1 aromatic carbocycles. The first-order valence-electron chi connectivity index (χ1n) is 5.25. The van der Waals surface area contributed by atoms with Gasteiger partial charge >= 0.3 is 0 Å². The Balaban J connectivity index is 2.21. The van der Waals surface area contributed by atoms with Gasteiger partial charge in [0.05, 0.1) is 0 Å². The summed E-state index contributed by atoms with van der Waals surface area (Å²) in [6.45, 7) is 0. The summed E-state index contributed by atoms with van der Waals surface area (Å²) in [5.41, 5.74) is 2.02. The number of hydrogen-bond acceptors (Lipinski definition) is 1. The quantitative estimate of drug-likeness (QED) is 0.657. The Labute approximate surface area is 94.8 Å². The molecule has 1 aromatic rings. The molecule has 1 saturated carbocycles. The Morgan fingerprint density at radius 3 is 2.40 bits per heavy atom. The molecule has 1 nitrogen and oxygen atoms in total. The van der Waals surface area contributed by atoms with Crippen LogP contribution < -0.4 is 0 Å². The van der Waals surface area contributed by atoms with E-state index in [4.69, 9.17) is 11.6 Å². The highest BCUT2D eigenvalue weighted by Crippen LogP contribution is 2.22. The lowest BCUT2D eigenvalue weighted by atomic mass is 9.92. The number of benzene rings is 1. The Kier molecular flexibility index (Phi) is 3.22. The molecule has 2 heteroatoms. The van der Waals surface area contributed by atoms with Gasteiger partial charge in [-0.1, -0.05) is 23.7 Å². The molecule has 0 spiro atoms. The molecule has 1 aliphatic rings. The van der Waals surface area contributed by atoms with Crippen molar-refractivity contribution < 1.29 is 4.79 Å². The average molecular weight is 221 g/mol. The van der Waals surface area contributed by atoms with E-state index in [9.17, 15) is 4.79 Å². The Morgan fingerprint density at radius 2 is 1.73 bits per heavy atom. The first kappa shape index (κ1) is 10.4. The van der Waals surface area contributed by atoms with Gasteiger partial charge in [-0.25, -0.2) is 0 Å². The van der Waals surface area contributed by atoms with E-state index in [-0.39, 0.29) is 0 Å². The zero-order valence-electron chi connectivity index (χ0n) is 8.50. The fourth-order valence-corrected chi connectivity index (χ4v) is 1.94. The lowest BCUT2D eigenvalue weighted by molar-refractivity contribution is -0.116. The van der Waals surface area contributed by atoms with Crippen molar-refractivity contribution in [2.45, 2.75) is 25.7 Å². The number of carbonyl (C=O) groups excluding carboxylic acids is 1. The van der Waals surface area contributed by atoms with Crippen molar-refractivity contribution in [2.24, 2.45) is 0 Å². The molecule has 0 heterocycles. The maximum Gasteiger partial charge on any atom is 0.158 e. The number of allylic oxidation sites excluding steroid dienone is 1. The van der Waals surface area contributed by atoms with Crippen molar-refractivity contribution in [2.75, 3.05) is 0 Å². The fourth-order valence-electron chi connectivity index (χ4n) is 1.81. The van der Waals surface area contributed by atoms with Crippen LogP contribution in [0.25, 0.3) is 6.08 Å². The fraction of sp³-hybridized carbons (Fsp3) is 0.308. The SMILES string of the molecule is O=C1CCCCC1=Cc1ccc(Cl)cc1. The molecule has 78 valence electrons. The summed E-state index contributed by atoms with van der Waals surface area (Å²) in [4.78, 5) is 11.6. The van der Waals surface area contributed by atoms with Crippen molar-refractivity contribution in [3.8, 4) is 0 Å². The smallest absolute Gasteiger partial charge is 0.158 e. The molecule has 1 fully saturated rings. The molecule has 0 atom stereocenters. The molecule has 0 aliphatic heterocycles. The molecule has 0 aromatic heterocycles. The van der Waals surface area contributed by atoms with Crippen LogP contribution in [0.5, 0.6) is 0 Å². The lowest BCUT2D eigenvalue weighted by Crippen LogP contribution is -2.07. The van der Waals surface area contributed by atoms with E-state index in [1.54, 1.807) is 0 Å². The van der Waals surface area contributed by atoms with Crippen LogP contribution >= 0.6 is 11.6 Å². The van der Waals surface area contributed by atoms with E-state index in [0.717, 1.165) is 35.4 Å². The number of Topliss-reactive ketones (excluding diaryl/α,β-unsaturated/α-hetero) is 1. The van der Waals surface area contributed by atoms with Crippen molar-refractivity contribution in [1.82, 2.24) is 0 Å². The number of halogens is 1. The second-order valence-corrected chi connectivity index (χ2v) is 4.29. The van der Waals surface area contributed by atoms with E-state index < -0.39 is 0 Å². The maximum absolute atomic E-state index is 11.6. The van der Waals surface area contributed by atoms with Gasteiger partial charge in [-0.3, -0.25) is 4.79 Å². The van der Waals surface area contributed by atoms with Crippen LogP contribution in [-0.4, -0.2) is 5.78 Å². The van der Waals surface area contributed by atoms with Crippen molar-refractivity contribution in [3.05, 3.63) is 40.4 Å². The first-order chi connectivity index (χ1) is 7.25. The van der Waals surface area contributed by atoms with Crippen molar-refractivity contribution in [1.29, 1.82) is 0 Å². The third-order valence-electron chi connectivity index (χ3n) is 2.67. The first-order valence-corrected chi connectivity index (χ1v) is 5.63. The van der Waals surface area contributed by atoms with Gasteiger partial charge in [0.15, 0.2) is 5.78 Å². The van der Waals surface area contributed by atoms with E-state index >= 15 is 0 Å². The van der Waals surface area contributed by atoms with Crippen LogP contribution in [0.1, 0.15) is 31.2 Å². The van der Waals surface area contributed by atoms with Gasteiger partial charge in [-0.05, 0) is 48.6 Å². The number of ketones is 1. The molecule has 2 rings (SSSR count). The summed E-state index contributed by atoms with van der Waals surface area (Å²) in [6, 6.07) is 7.58. The minimum absolute atomic E-state index is 0.302. The Morgan fingerprint density at radius 1 is 1.07 bits per heavy atom. The second-order valence-electron chi connectivity index (χ2n) is 3.85. The number of hydrogen-bond donors (Lipinski definition) is 0. The zero-order valence-corrected chi connectivity index (χ0v) is 9.26. The normalized spacial score (nSPS) is 19.5. The highest BCUT2D eigenvalue weighted by Gasteiger charge is 2.14. The van der Waals surface area contributed by atoms with Gasteiger partial charge in [-0.2, -0.15) is 0 Å². The van der Waals surface area contributed by atoms with E-state index in [2.05, 4.69) is 0 Å². The Bertz CT molecular complexity index is 390. The van der Waals surface area contributed by atoms with E-state index in [1.165, 1.54) is 0 Å². The number of carbonyl (C=O) groups is 1. The average Bonchev–Trinajstić information content (AvgIpc) is 2.25. The molecule has 15 heavy (non-hydrogen) atoms. The summed E-state index contributed by atoms with van der Waals surface area (Å²) in [7, 11) is 0. The molecule has 1 aliphatic carbocycles. The van der Waals surface area contributed by atoms with Gasteiger partial charge in [0.2, 0.25) is 0 Å². The summed E-state index contributed by atoms with van der Waals surface area (Å²) >= 11 is 5.80. The van der Waals surface area contributed by atoms with Crippen LogP contribution in [0.15, 0.2) is 29.8 Å². The second kappa shape index (κ2) is 4.63. The molecule has 0 radical (unpaired) electrons. The summed E-state index contributed by atoms with van der Waals surface area (Å²) < 4.78 is 0. The maximum atomic E-state index is 11.6. The molecular weight excluding hydrogens is 208 g/mol. The largest absolute Gasteiger partial charge is 0.295 e. The monoisotopic (exact) mass is 220 g/mol. The van der Waals surface area contributed by atoms with Gasteiger partial charge in [0.25, 0.3) is 0 Å². The molecule has 0 unspecified atom stereocenters. The molecule has 0 bridgehead atoms. The van der Waals surface area contributed by atoms with Crippen molar-refractivity contribution in [3.63, 3.8) is 0 Å². The minimum Gasteiger partial charge on any atom is -0.295 e. The third kappa shape index (κ3) is 2.69. The summed E-state index contributed by atoms with van der Waals surface area (Å²) in [5, 5.41) is 0.729. The molecule has 0 amide bonds. The van der Waals surface area contributed by atoms with Crippen LogP contribution in [0.2, 0.25) is 5.02 Å². The van der Waals surface area contributed by atoms with E-state index in [0.29, 0.717) is 12.2 Å². The number of rotatable bonds is 1. The predicted molar refractivity (Wildman–Crippen MR) is 62.9 cm³/mol. The predicted octanol–water partition coefficient (Wildman–Crippen LogP) is 3.87. The van der Waals surface area contributed by atoms with Gasteiger partial charge in [-0.15, -0.1) is 0 Å². The lowest BCUT2D eigenvalue weighted by Gasteiger charge is -2.12. The molecular formula is C13H13ClO.